The van der Waals surface area contributed by atoms with Crippen LogP contribution in [0.25, 0.3) is 0 Å². The summed E-state index contributed by atoms with van der Waals surface area (Å²) < 4.78 is 4.79. The van der Waals surface area contributed by atoms with E-state index in [9.17, 15) is 4.79 Å². The molecule has 1 aromatic carbocycles. The Morgan fingerprint density at radius 2 is 1.87 bits per heavy atom. The summed E-state index contributed by atoms with van der Waals surface area (Å²) in [6.45, 7) is 6.12. The summed E-state index contributed by atoms with van der Waals surface area (Å²) in [6.07, 6.45) is 0. The van der Waals surface area contributed by atoms with Crippen LogP contribution in [0.5, 0.6) is 0 Å². The topological polar surface area (TPSA) is 52.3 Å². The van der Waals surface area contributed by atoms with Crippen LogP contribution in [0.3, 0.4) is 0 Å². The number of rotatable bonds is 3. The molecule has 0 aliphatic heterocycles. The van der Waals surface area contributed by atoms with Crippen molar-refractivity contribution in [2.24, 2.45) is 5.73 Å². The van der Waals surface area contributed by atoms with E-state index in [1.807, 2.05) is 44.2 Å². The molecule has 1 aromatic rings. The number of ether oxygens (including phenoxy) is 1. The monoisotopic (exact) mass is 209 g/mol. The molecular formula is C12H19NO2. The van der Waals surface area contributed by atoms with Gasteiger partial charge in [0, 0.05) is 0 Å². The third-order valence-electron chi connectivity index (χ3n) is 1.70. The Balaban J connectivity index is 0.000000921. The fourth-order valence-electron chi connectivity index (χ4n) is 1.03. The highest BCUT2D eigenvalue weighted by molar-refractivity contribution is 5.77. The first-order valence-corrected chi connectivity index (χ1v) is 5.23. The second-order valence-electron chi connectivity index (χ2n) is 2.64. The van der Waals surface area contributed by atoms with Gasteiger partial charge in [0.15, 0.2) is 0 Å². The van der Waals surface area contributed by atoms with Crippen LogP contribution < -0.4 is 5.73 Å². The Kier molecular flexibility index (Phi) is 7.28. The number of carbonyl (C=O) groups excluding carboxylic acids is 1. The zero-order chi connectivity index (χ0) is 11.7. The minimum Gasteiger partial charge on any atom is -0.465 e. The Hall–Kier alpha value is -1.35. The van der Waals surface area contributed by atoms with Crippen LogP contribution in [0.1, 0.15) is 32.4 Å². The number of hydrogen-bond donors (Lipinski definition) is 1. The van der Waals surface area contributed by atoms with Crippen LogP contribution in [-0.4, -0.2) is 12.6 Å². The van der Waals surface area contributed by atoms with Gasteiger partial charge in [-0.05, 0) is 12.5 Å². The predicted molar refractivity (Wildman–Crippen MR) is 61.4 cm³/mol. The summed E-state index contributed by atoms with van der Waals surface area (Å²) in [7, 11) is 0. The molecule has 0 saturated carbocycles. The molecule has 0 radical (unpaired) electrons. The van der Waals surface area contributed by atoms with Crippen LogP contribution in [0, 0.1) is 0 Å². The molecule has 1 rings (SSSR count). The van der Waals surface area contributed by atoms with E-state index in [-0.39, 0.29) is 5.97 Å². The van der Waals surface area contributed by atoms with Crippen molar-refractivity contribution >= 4 is 5.97 Å². The average molecular weight is 209 g/mol. The number of hydrogen-bond acceptors (Lipinski definition) is 3. The highest BCUT2D eigenvalue weighted by atomic mass is 16.5. The van der Waals surface area contributed by atoms with E-state index >= 15 is 0 Å². The average Bonchev–Trinajstić information content (AvgIpc) is 2.32. The van der Waals surface area contributed by atoms with Crippen molar-refractivity contribution in [1.29, 1.82) is 0 Å². The molecule has 0 amide bonds. The molecule has 0 fully saturated rings. The lowest BCUT2D eigenvalue weighted by Gasteiger charge is -2.09. The van der Waals surface area contributed by atoms with E-state index in [0.717, 1.165) is 5.56 Å². The van der Waals surface area contributed by atoms with Crippen LogP contribution in [0.2, 0.25) is 0 Å². The molecule has 84 valence electrons. The molecule has 0 heterocycles. The number of carbonyl (C=O) groups is 1. The Labute approximate surface area is 91.2 Å². The lowest BCUT2D eigenvalue weighted by atomic mass is 10.1. The number of esters is 1. The number of nitrogens with two attached hydrogens (primary N) is 1. The summed E-state index contributed by atoms with van der Waals surface area (Å²) in [5, 5.41) is 0. The first kappa shape index (κ1) is 13.7. The van der Waals surface area contributed by atoms with E-state index in [2.05, 4.69) is 0 Å². The standard InChI is InChI=1S/C10H13NO2.C2H6/c1-2-13-10(12)9(11)8-6-4-3-5-7-8;1-2/h3-7,9H,2,11H2,1H3;1-2H3. The van der Waals surface area contributed by atoms with Crippen molar-refractivity contribution in [3.8, 4) is 0 Å². The molecule has 1 atom stereocenters. The summed E-state index contributed by atoms with van der Waals surface area (Å²) in [6, 6.07) is 8.51. The van der Waals surface area contributed by atoms with Gasteiger partial charge in [0.2, 0.25) is 0 Å². The summed E-state index contributed by atoms with van der Waals surface area (Å²) >= 11 is 0. The molecule has 3 heteroatoms. The van der Waals surface area contributed by atoms with Crippen LogP contribution in [0.4, 0.5) is 0 Å². The van der Waals surface area contributed by atoms with Gasteiger partial charge >= 0.3 is 5.97 Å². The molecule has 1 unspecified atom stereocenters. The summed E-state index contributed by atoms with van der Waals surface area (Å²) in [5.74, 6) is -0.381. The zero-order valence-corrected chi connectivity index (χ0v) is 9.57. The van der Waals surface area contributed by atoms with E-state index in [1.165, 1.54) is 0 Å². The van der Waals surface area contributed by atoms with Crippen molar-refractivity contribution in [3.05, 3.63) is 35.9 Å². The summed E-state index contributed by atoms with van der Waals surface area (Å²) in [5.41, 5.74) is 6.43. The highest BCUT2D eigenvalue weighted by Gasteiger charge is 2.15. The van der Waals surface area contributed by atoms with Crippen LogP contribution in [-0.2, 0) is 9.53 Å². The molecule has 0 saturated heterocycles. The van der Waals surface area contributed by atoms with Gasteiger partial charge in [-0.3, -0.25) is 0 Å². The van der Waals surface area contributed by atoms with E-state index in [1.54, 1.807) is 6.92 Å². The van der Waals surface area contributed by atoms with Gasteiger partial charge in [0.05, 0.1) is 6.61 Å². The Morgan fingerprint density at radius 3 is 2.33 bits per heavy atom. The van der Waals surface area contributed by atoms with E-state index in [0.29, 0.717) is 6.61 Å². The van der Waals surface area contributed by atoms with Gasteiger partial charge in [0.1, 0.15) is 6.04 Å². The maximum atomic E-state index is 11.2. The zero-order valence-electron chi connectivity index (χ0n) is 9.57. The summed E-state index contributed by atoms with van der Waals surface area (Å²) in [4.78, 5) is 11.2. The second-order valence-corrected chi connectivity index (χ2v) is 2.64. The van der Waals surface area contributed by atoms with Gasteiger partial charge in [-0.15, -0.1) is 0 Å². The van der Waals surface area contributed by atoms with Gasteiger partial charge in [-0.25, -0.2) is 4.79 Å². The first-order chi connectivity index (χ1) is 7.25. The lowest BCUT2D eigenvalue weighted by Crippen LogP contribution is -2.23. The van der Waals surface area contributed by atoms with Crippen molar-refractivity contribution in [2.75, 3.05) is 6.61 Å². The fourth-order valence-corrected chi connectivity index (χ4v) is 1.03. The predicted octanol–water partition coefficient (Wildman–Crippen LogP) is 2.28. The smallest absolute Gasteiger partial charge is 0.327 e. The van der Waals surface area contributed by atoms with Crippen molar-refractivity contribution in [2.45, 2.75) is 26.8 Å². The maximum Gasteiger partial charge on any atom is 0.327 e. The van der Waals surface area contributed by atoms with Crippen molar-refractivity contribution in [3.63, 3.8) is 0 Å². The van der Waals surface area contributed by atoms with Gasteiger partial charge in [0.25, 0.3) is 0 Å². The molecule has 0 aliphatic carbocycles. The van der Waals surface area contributed by atoms with Crippen LogP contribution >= 0.6 is 0 Å². The highest BCUT2D eigenvalue weighted by Crippen LogP contribution is 2.10. The molecule has 0 aromatic heterocycles. The number of benzene rings is 1. The third kappa shape index (κ3) is 4.61. The third-order valence-corrected chi connectivity index (χ3v) is 1.70. The van der Waals surface area contributed by atoms with Gasteiger partial charge < -0.3 is 10.5 Å². The normalized spacial score (nSPS) is 10.9. The van der Waals surface area contributed by atoms with Crippen LogP contribution in [0.15, 0.2) is 30.3 Å². The molecule has 2 N–H and O–H groups in total. The van der Waals surface area contributed by atoms with Gasteiger partial charge in [-0.1, -0.05) is 44.2 Å². The molecular weight excluding hydrogens is 190 g/mol. The molecule has 0 spiro atoms. The molecule has 3 nitrogen and oxygen atoms in total. The maximum absolute atomic E-state index is 11.2. The van der Waals surface area contributed by atoms with Crippen molar-refractivity contribution < 1.29 is 9.53 Å². The van der Waals surface area contributed by atoms with E-state index < -0.39 is 6.04 Å². The lowest BCUT2D eigenvalue weighted by molar-refractivity contribution is -0.144. The first-order valence-electron chi connectivity index (χ1n) is 5.23. The Morgan fingerprint density at radius 1 is 1.33 bits per heavy atom. The molecule has 0 bridgehead atoms. The quantitative estimate of drug-likeness (QED) is 0.777. The minimum absolute atomic E-state index is 0.360. The van der Waals surface area contributed by atoms with Crippen molar-refractivity contribution in [1.82, 2.24) is 0 Å². The SMILES string of the molecule is CC.CCOC(=O)C(N)c1ccccc1. The largest absolute Gasteiger partial charge is 0.465 e. The fraction of sp³-hybridized carbons (Fsp3) is 0.417. The van der Waals surface area contributed by atoms with E-state index in [4.69, 9.17) is 10.5 Å². The Bertz CT molecular complexity index is 272. The van der Waals surface area contributed by atoms with Gasteiger partial charge in [-0.2, -0.15) is 0 Å². The molecule has 15 heavy (non-hydrogen) atoms. The molecule has 0 aliphatic rings. The minimum atomic E-state index is -0.666. The second kappa shape index (κ2) is 8.00.